The summed E-state index contributed by atoms with van der Waals surface area (Å²) in [5, 5.41) is 8.73. The number of thiazole rings is 1. The second-order valence-electron chi connectivity index (χ2n) is 6.22. The smallest absolute Gasteiger partial charge is 0.183 e. The van der Waals surface area contributed by atoms with Gasteiger partial charge in [0, 0.05) is 18.8 Å². The molecule has 0 unspecified atom stereocenters. The lowest BCUT2D eigenvalue weighted by molar-refractivity contribution is 0.419. The molecular weight excluding hydrogens is 376 g/mol. The maximum Gasteiger partial charge on any atom is 0.183 e. The molecule has 0 amide bonds. The molecule has 1 saturated heterocycles. The van der Waals surface area contributed by atoms with Crippen molar-refractivity contribution < 1.29 is 4.74 Å². The molecule has 1 aliphatic heterocycles. The Morgan fingerprint density at radius 2 is 2.11 bits per heavy atom. The minimum absolute atomic E-state index is 0.819. The van der Waals surface area contributed by atoms with E-state index in [0.717, 1.165) is 57.2 Å². The van der Waals surface area contributed by atoms with Gasteiger partial charge in [0.25, 0.3) is 0 Å². The Balaban J connectivity index is 1.34. The van der Waals surface area contributed by atoms with Crippen molar-refractivity contribution in [1.29, 1.82) is 0 Å². The highest BCUT2D eigenvalue weighted by Gasteiger charge is 2.08. The van der Waals surface area contributed by atoms with Crippen LogP contribution in [0.3, 0.4) is 0 Å². The van der Waals surface area contributed by atoms with Crippen molar-refractivity contribution in [2.45, 2.75) is 12.8 Å². The molecule has 0 spiro atoms. The number of benzene rings is 2. The summed E-state index contributed by atoms with van der Waals surface area (Å²) >= 11 is 3.45. The Bertz CT molecular complexity index is 929. The predicted molar refractivity (Wildman–Crippen MR) is 117 cm³/mol. The standard InChI is InChI=1S/C20H22N4OS2/c1-25-16-4-2-5-17-18(16)24-20(27-17)22-12-10-14-6-8-15(9-7-14)23-19-21-11-3-13-26-19/h2,4-9H,3,10-13H2,1H3,(H,21,23)(H,22,24). The van der Waals surface area contributed by atoms with Gasteiger partial charge in [-0.3, -0.25) is 0 Å². The zero-order chi connectivity index (χ0) is 18.5. The van der Waals surface area contributed by atoms with Gasteiger partial charge in [0.05, 0.1) is 17.5 Å². The Labute approximate surface area is 167 Å². The number of aliphatic imine (C=N–C) groups is 1. The Morgan fingerprint density at radius 1 is 1.22 bits per heavy atom. The number of aromatic nitrogens is 1. The van der Waals surface area contributed by atoms with E-state index in [2.05, 4.69) is 50.9 Å². The van der Waals surface area contributed by atoms with Gasteiger partial charge in [-0.25, -0.2) is 9.98 Å². The van der Waals surface area contributed by atoms with Crippen molar-refractivity contribution in [3.8, 4) is 5.75 Å². The molecule has 0 aliphatic carbocycles. The third-order valence-corrected chi connectivity index (χ3v) is 6.28. The fraction of sp³-hybridized carbons (Fsp3) is 0.300. The van der Waals surface area contributed by atoms with Gasteiger partial charge in [0.2, 0.25) is 0 Å². The van der Waals surface area contributed by atoms with Gasteiger partial charge in [-0.2, -0.15) is 0 Å². The number of anilines is 1. The molecule has 1 aromatic heterocycles. The maximum absolute atomic E-state index is 5.38. The van der Waals surface area contributed by atoms with Crippen LogP contribution in [0.5, 0.6) is 5.75 Å². The molecule has 27 heavy (non-hydrogen) atoms. The van der Waals surface area contributed by atoms with Crippen molar-refractivity contribution in [2.75, 3.05) is 31.3 Å². The zero-order valence-corrected chi connectivity index (χ0v) is 16.8. The van der Waals surface area contributed by atoms with Crippen LogP contribution < -0.4 is 15.4 Å². The normalized spacial score (nSPS) is 15.7. The van der Waals surface area contributed by atoms with Crippen LogP contribution in [0.2, 0.25) is 0 Å². The van der Waals surface area contributed by atoms with Crippen molar-refractivity contribution >= 4 is 49.3 Å². The first-order valence-electron chi connectivity index (χ1n) is 9.03. The van der Waals surface area contributed by atoms with E-state index in [0.29, 0.717) is 0 Å². The number of nitrogens with zero attached hydrogens (tertiary/aromatic N) is 2. The number of thioether (sulfide) groups is 1. The molecule has 7 heteroatoms. The Kier molecular flexibility index (Phi) is 5.79. The number of fused-ring (bicyclic) bond motifs is 1. The van der Waals surface area contributed by atoms with Crippen molar-refractivity contribution in [2.24, 2.45) is 4.99 Å². The quantitative estimate of drug-likeness (QED) is 0.632. The first-order chi connectivity index (χ1) is 13.3. The number of hydrogen-bond acceptors (Lipinski definition) is 6. The summed E-state index contributed by atoms with van der Waals surface area (Å²) < 4.78 is 6.51. The number of nitrogens with one attached hydrogen (secondary N) is 2. The average Bonchev–Trinajstić information content (AvgIpc) is 3.13. The minimum atomic E-state index is 0.819. The fourth-order valence-electron chi connectivity index (χ4n) is 2.89. The number of rotatable bonds is 6. The molecule has 0 atom stereocenters. The highest BCUT2D eigenvalue weighted by Crippen LogP contribution is 2.32. The van der Waals surface area contributed by atoms with Gasteiger partial charge in [-0.15, -0.1) is 0 Å². The van der Waals surface area contributed by atoms with Gasteiger partial charge >= 0.3 is 0 Å². The summed E-state index contributed by atoms with van der Waals surface area (Å²) in [4.78, 5) is 9.31. The topological polar surface area (TPSA) is 58.5 Å². The number of hydrogen-bond donors (Lipinski definition) is 2. The van der Waals surface area contributed by atoms with Gasteiger partial charge in [-0.1, -0.05) is 41.3 Å². The van der Waals surface area contributed by atoms with Gasteiger partial charge in [0.15, 0.2) is 10.3 Å². The lowest BCUT2D eigenvalue weighted by atomic mass is 10.1. The molecule has 0 radical (unpaired) electrons. The molecule has 0 saturated carbocycles. The van der Waals surface area contributed by atoms with E-state index >= 15 is 0 Å². The molecule has 2 N–H and O–H groups in total. The van der Waals surface area contributed by atoms with Crippen LogP contribution >= 0.6 is 23.1 Å². The molecule has 3 aromatic rings. The van der Waals surface area contributed by atoms with E-state index in [-0.39, 0.29) is 0 Å². The summed E-state index contributed by atoms with van der Waals surface area (Å²) in [5.41, 5.74) is 3.21. The molecule has 1 aliphatic rings. The molecule has 2 aromatic carbocycles. The first kappa shape index (κ1) is 18.1. The predicted octanol–water partition coefficient (Wildman–Crippen LogP) is 4.67. The highest BCUT2D eigenvalue weighted by molar-refractivity contribution is 8.13. The number of ether oxygens (including phenoxy) is 1. The molecule has 5 nitrogen and oxygen atoms in total. The third kappa shape index (κ3) is 4.54. The number of para-hydroxylation sites is 1. The Hall–Kier alpha value is -2.25. The average molecular weight is 399 g/mol. The van der Waals surface area contributed by atoms with Gasteiger partial charge in [-0.05, 0) is 42.7 Å². The molecule has 0 bridgehead atoms. The monoisotopic (exact) mass is 398 g/mol. The van der Waals surface area contributed by atoms with Crippen LogP contribution in [0, 0.1) is 0 Å². The molecular formula is C20H22N4OS2. The van der Waals surface area contributed by atoms with Crippen LogP contribution in [0.4, 0.5) is 10.8 Å². The summed E-state index contributed by atoms with van der Waals surface area (Å²) in [5.74, 6) is 1.97. The van der Waals surface area contributed by atoms with Crippen LogP contribution in [0.15, 0.2) is 47.5 Å². The summed E-state index contributed by atoms with van der Waals surface area (Å²) in [7, 11) is 1.68. The van der Waals surface area contributed by atoms with Crippen molar-refractivity contribution in [3.63, 3.8) is 0 Å². The number of methoxy groups -OCH3 is 1. The van der Waals surface area contributed by atoms with E-state index in [1.54, 1.807) is 30.2 Å². The first-order valence-corrected chi connectivity index (χ1v) is 10.8. The van der Waals surface area contributed by atoms with Crippen LogP contribution in [-0.4, -0.2) is 36.1 Å². The summed E-state index contributed by atoms with van der Waals surface area (Å²) in [6, 6.07) is 14.5. The minimum Gasteiger partial charge on any atom is -0.494 e. The van der Waals surface area contributed by atoms with Crippen molar-refractivity contribution in [3.05, 3.63) is 48.0 Å². The Morgan fingerprint density at radius 3 is 2.89 bits per heavy atom. The van der Waals surface area contributed by atoms with E-state index in [9.17, 15) is 0 Å². The third-order valence-electron chi connectivity index (χ3n) is 4.29. The number of amidine groups is 1. The van der Waals surface area contributed by atoms with Crippen molar-refractivity contribution in [1.82, 2.24) is 10.3 Å². The second kappa shape index (κ2) is 8.63. The molecule has 1 fully saturated rings. The fourth-order valence-corrected chi connectivity index (χ4v) is 4.66. The summed E-state index contributed by atoms with van der Waals surface area (Å²) in [6.45, 7) is 1.86. The van der Waals surface area contributed by atoms with E-state index in [1.165, 1.54) is 12.0 Å². The van der Waals surface area contributed by atoms with Gasteiger partial charge < -0.3 is 15.4 Å². The van der Waals surface area contributed by atoms with E-state index in [1.807, 2.05) is 12.1 Å². The lowest BCUT2D eigenvalue weighted by Crippen LogP contribution is -2.26. The van der Waals surface area contributed by atoms with Crippen LogP contribution in [-0.2, 0) is 6.42 Å². The lowest BCUT2D eigenvalue weighted by Gasteiger charge is -2.14. The van der Waals surface area contributed by atoms with Gasteiger partial charge in [0.1, 0.15) is 11.3 Å². The van der Waals surface area contributed by atoms with E-state index < -0.39 is 0 Å². The molecule has 4 rings (SSSR count). The largest absolute Gasteiger partial charge is 0.494 e. The SMILES string of the molecule is COc1cccc2sc(NCCc3ccc(/N=C4/NCCCS4)cc3)nc12. The molecule has 140 valence electrons. The highest BCUT2D eigenvalue weighted by atomic mass is 32.2. The maximum atomic E-state index is 5.38. The zero-order valence-electron chi connectivity index (χ0n) is 15.2. The van der Waals surface area contributed by atoms with Crippen LogP contribution in [0.25, 0.3) is 10.2 Å². The summed E-state index contributed by atoms with van der Waals surface area (Å²) in [6.07, 6.45) is 2.15. The van der Waals surface area contributed by atoms with E-state index in [4.69, 9.17) is 4.74 Å². The second-order valence-corrected chi connectivity index (χ2v) is 8.33. The van der Waals surface area contributed by atoms with Crippen LogP contribution in [0.1, 0.15) is 12.0 Å². The molecule has 2 heterocycles.